The highest BCUT2D eigenvalue weighted by molar-refractivity contribution is 7.11. The molecule has 0 fully saturated rings. The van der Waals surface area contributed by atoms with Crippen LogP contribution in [-0.4, -0.2) is 17.7 Å². The van der Waals surface area contributed by atoms with Gasteiger partial charge in [0.05, 0.1) is 11.3 Å². The van der Waals surface area contributed by atoms with Crippen molar-refractivity contribution in [2.45, 2.75) is 20.8 Å². The Kier molecular flexibility index (Phi) is 5.44. The van der Waals surface area contributed by atoms with E-state index in [1.165, 1.54) is 23.2 Å². The molecule has 0 atom stereocenters. The Balaban J connectivity index is 1.72. The Bertz CT molecular complexity index is 1210. The maximum absolute atomic E-state index is 13.4. The van der Waals surface area contributed by atoms with Gasteiger partial charge in [-0.3, -0.25) is 14.4 Å². The highest BCUT2D eigenvalue weighted by Gasteiger charge is 2.40. The molecule has 0 saturated carbocycles. The van der Waals surface area contributed by atoms with Crippen molar-refractivity contribution >= 4 is 51.7 Å². The quantitative estimate of drug-likeness (QED) is 0.573. The van der Waals surface area contributed by atoms with Crippen molar-refractivity contribution < 1.29 is 14.4 Å². The van der Waals surface area contributed by atoms with Crippen molar-refractivity contribution in [3.8, 4) is 0 Å². The van der Waals surface area contributed by atoms with Crippen LogP contribution in [0.5, 0.6) is 0 Å². The fourth-order valence-electron chi connectivity index (χ4n) is 3.38. The Morgan fingerprint density at radius 1 is 0.903 bits per heavy atom. The SMILES string of the molecule is CC(=O)Nc1ccc(NC2=C(c3cccs3)C(=O)N(c3ccc(C)c(C)c3)C2=O)cc1. The lowest BCUT2D eigenvalue weighted by molar-refractivity contribution is -0.120. The molecule has 156 valence electrons. The first-order valence-corrected chi connectivity index (χ1v) is 10.6. The second-order valence-corrected chi connectivity index (χ2v) is 8.27. The van der Waals surface area contributed by atoms with E-state index in [1.54, 1.807) is 30.3 Å². The van der Waals surface area contributed by atoms with Gasteiger partial charge in [-0.25, -0.2) is 4.90 Å². The summed E-state index contributed by atoms with van der Waals surface area (Å²) in [6.45, 7) is 5.38. The summed E-state index contributed by atoms with van der Waals surface area (Å²) in [5.41, 5.74) is 4.52. The number of amides is 3. The summed E-state index contributed by atoms with van der Waals surface area (Å²) in [5, 5.41) is 7.71. The molecule has 2 heterocycles. The average Bonchev–Trinajstić information content (AvgIpc) is 3.32. The third-order valence-corrected chi connectivity index (χ3v) is 5.96. The van der Waals surface area contributed by atoms with E-state index in [0.29, 0.717) is 22.6 Å². The molecule has 3 amide bonds. The van der Waals surface area contributed by atoms with Gasteiger partial charge < -0.3 is 10.6 Å². The Morgan fingerprint density at radius 2 is 1.61 bits per heavy atom. The van der Waals surface area contributed by atoms with Gasteiger partial charge in [0.25, 0.3) is 11.8 Å². The molecule has 2 aromatic carbocycles. The molecule has 7 heteroatoms. The van der Waals surface area contributed by atoms with Gasteiger partial charge in [0.1, 0.15) is 5.70 Å². The molecule has 31 heavy (non-hydrogen) atoms. The van der Waals surface area contributed by atoms with Gasteiger partial charge in [0.15, 0.2) is 0 Å². The molecule has 0 spiro atoms. The number of hydrogen-bond acceptors (Lipinski definition) is 5. The number of imide groups is 1. The van der Waals surface area contributed by atoms with Crippen molar-refractivity contribution in [3.05, 3.63) is 81.7 Å². The van der Waals surface area contributed by atoms with E-state index >= 15 is 0 Å². The smallest absolute Gasteiger partial charge is 0.282 e. The van der Waals surface area contributed by atoms with Crippen molar-refractivity contribution in [2.75, 3.05) is 15.5 Å². The van der Waals surface area contributed by atoms with Crippen LogP contribution in [0.25, 0.3) is 5.57 Å². The average molecular weight is 432 g/mol. The van der Waals surface area contributed by atoms with E-state index in [-0.39, 0.29) is 17.5 Å². The normalized spacial score (nSPS) is 13.7. The first kappa shape index (κ1) is 20.6. The van der Waals surface area contributed by atoms with Gasteiger partial charge in [0.2, 0.25) is 5.91 Å². The van der Waals surface area contributed by atoms with Gasteiger partial charge in [0, 0.05) is 23.2 Å². The third-order valence-electron chi connectivity index (χ3n) is 5.07. The third kappa shape index (κ3) is 4.00. The number of rotatable bonds is 5. The number of aryl methyl sites for hydroxylation is 2. The maximum atomic E-state index is 13.4. The van der Waals surface area contributed by atoms with Gasteiger partial charge in [-0.1, -0.05) is 12.1 Å². The second-order valence-electron chi connectivity index (χ2n) is 7.33. The van der Waals surface area contributed by atoms with Crippen LogP contribution in [0.1, 0.15) is 22.9 Å². The van der Waals surface area contributed by atoms with Crippen LogP contribution < -0.4 is 15.5 Å². The van der Waals surface area contributed by atoms with Crippen molar-refractivity contribution in [1.82, 2.24) is 0 Å². The molecule has 0 bridgehead atoms. The summed E-state index contributed by atoms with van der Waals surface area (Å²) < 4.78 is 0. The summed E-state index contributed by atoms with van der Waals surface area (Å²) in [6, 6.07) is 16.2. The van der Waals surface area contributed by atoms with Gasteiger partial charge in [-0.05, 0) is 72.8 Å². The van der Waals surface area contributed by atoms with E-state index in [2.05, 4.69) is 10.6 Å². The van der Waals surface area contributed by atoms with E-state index in [4.69, 9.17) is 0 Å². The summed E-state index contributed by atoms with van der Waals surface area (Å²) in [4.78, 5) is 39.9. The molecule has 1 aliphatic rings. The van der Waals surface area contributed by atoms with Crippen LogP contribution >= 0.6 is 11.3 Å². The molecule has 6 nitrogen and oxygen atoms in total. The minimum atomic E-state index is -0.400. The Morgan fingerprint density at radius 3 is 2.23 bits per heavy atom. The van der Waals surface area contributed by atoms with Crippen LogP contribution in [-0.2, 0) is 14.4 Å². The van der Waals surface area contributed by atoms with Gasteiger partial charge >= 0.3 is 0 Å². The molecule has 4 rings (SSSR count). The molecule has 0 unspecified atom stereocenters. The zero-order chi connectivity index (χ0) is 22.1. The standard InChI is InChI=1S/C24H21N3O3S/c1-14-6-11-19(13-15(14)2)27-23(29)21(20-5-4-12-31-20)22(24(27)30)26-18-9-7-17(8-10-18)25-16(3)28/h4-13,26H,1-3H3,(H,25,28). The van der Waals surface area contributed by atoms with E-state index in [9.17, 15) is 14.4 Å². The monoisotopic (exact) mass is 431 g/mol. The minimum Gasteiger partial charge on any atom is -0.350 e. The number of benzene rings is 2. The van der Waals surface area contributed by atoms with Crippen LogP contribution in [0.4, 0.5) is 17.1 Å². The topological polar surface area (TPSA) is 78.5 Å². The number of carbonyl (C=O) groups excluding carboxylic acids is 3. The first-order valence-electron chi connectivity index (χ1n) is 9.74. The highest BCUT2D eigenvalue weighted by Crippen LogP contribution is 2.36. The minimum absolute atomic E-state index is 0.163. The molecule has 2 N–H and O–H groups in total. The maximum Gasteiger partial charge on any atom is 0.282 e. The highest BCUT2D eigenvalue weighted by atomic mass is 32.1. The second kappa shape index (κ2) is 8.20. The zero-order valence-electron chi connectivity index (χ0n) is 17.4. The fourth-order valence-corrected chi connectivity index (χ4v) is 4.15. The number of nitrogens with zero attached hydrogens (tertiary/aromatic N) is 1. The summed E-state index contributed by atoms with van der Waals surface area (Å²) in [5.74, 6) is -0.917. The van der Waals surface area contributed by atoms with Crippen LogP contribution in [0.3, 0.4) is 0 Å². The number of nitrogens with one attached hydrogen (secondary N) is 2. The molecule has 1 aliphatic heterocycles. The van der Waals surface area contributed by atoms with Crippen molar-refractivity contribution in [3.63, 3.8) is 0 Å². The summed E-state index contributed by atoms with van der Waals surface area (Å²) >= 11 is 1.41. The molecular weight excluding hydrogens is 410 g/mol. The number of hydrogen-bond donors (Lipinski definition) is 2. The predicted molar refractivity (Wildman–Crippen MR) is 124 cm³/mol. The van der Waals surface area contributed by atoms with E-state index in [1.807, 2.05) is 43.5 Å². The molecule has 3 aromatic rings. The van der Waals surface area contributed by atoms with Crippen LogP contribution in [0.15, 0.2) is 65.7 Å². The summed E-state index contributed by atoms with van der Waals surface area (Å²) in [6.07, 6.45) is 0. The lowest BCUT2D eigenvalue weighted by Crippen LogP contribution is -2.32. The number of anilines is 3. The summed E-state index contributed by atoms with van der Waals surface area (Å²) in [7, 11) is 0. The first-order chi connectivity index (χ1) is 14.8. The molecule has 0 saturated heterocycles. The van der Waals surface area contributed by atoms with E-state index < -0.39 is 5.91 Å². The Labute approximate surface area is 184 Å². The van der Waals surface area contributed by atoms with Crippen LogP contribution in [0, 0.1) is 13.8 Å². The number of thiophene rings is 1. The largest absolute Gasteiger partial charge is 0.350 e. The van der Waals surface area contributed by atoms with E-state index in [0.717, 1.165) is 16.0 Å². The lowest BCUT2D eigenvalue weighted by atomic mass is 10.1. The molecule has 0 radical (unpaired) electrons. The van der Waals surface area contributed by atoms with Crippen molar-refractivity contribution in [1.29, 1.82) is 0 Å². The zero-order valence-corrected chi connectivity index (χ0v) is 18.2. The Hall–Kier alpha value is -3.71. The number of carbonyl (C=O) groups is 3. The molecule has 0 aliphatic carbocycles. The lowest BCUT2D eigenvalue weighted by Gasteiger charge is -2.16. The van der Waals surface area contributed by atoms with Crippen molar-refractivity contribution in [2.24, 2.45) is 0 Å². The molecule has 1 aromatic heterocycles. The van der Waals surface area contributed by atoms with Gasteiger partial charge in [-0.15, -0.1) is 11.3 Å². The predicted octanol–water partition coefficient (Wildman–Crippen LogP) is 4.72. The van der Waals surface area contributed by atoms with Crippen LogP contribution in [0.2, 0.25) is 0 Å². The fraction of sp³-hybridized carbons (Fsp3) is 0.125. The van der Waals surface area contributed by atoms with Gasteiger partial charge in [-0.2, -0.15) is 0 Å². The molecular formula is C24H21N3O3S.